The number of hydrazone groups is 1. The standard InChI is InChI=1S/C16H20F3N3O3S/c1-2-26(24,25)22-9-3-4-13(11-22)15(23)21-20-10-12-5-7-14(8-6-12)16(17,18)19/h5-8,10,13H,2-4,9,11H2,1H3,(H,21,23)/b20-10+. The molecule has 0 radical (unpaired) electrons. The monoisotopic (exact) mass is 391 g/mol. The normalized spacial score (nSPS) is 19.6. The summed E-state index contributed by atoms with van der Waals surface area (Å²) in [6, 6.07) is 4.35. The van der Waals surface area contributed by atoms with E-state index in [0.717, 1.165) is 12.1 Å². The van der Waals surface area contributed by atoms with E-state index in [9.17, 15) is 26.4 Å². The summed E-state index contributed by atoms with van der Waals surface area (Å²) in [4.78, 5) is 12.1. The van der Waals surface area contributed by atoms with Crippen molar-refractivity contribution in [3.63, 3.8) is 0 Å². The summed E-state index contributed by atoms with van der Waals surface area (Å²) in [6.07, 6.45) is -2.03. The zero-order valence-corrected chi connectivity index (χ0v) is 15.0. The predicted octanol–water partition coefficient (Wildman–Crippen LogP) is 2.22. The van der Waals surface area contributed by atoms with Gasteiger partial charge in [-0.25, -0.2) is 18.1 Å². The molecule has 26 heavy (non-hydrogen) atoms. The second-order valence-corrected chi connectivity index (χ2v) is 8.21. The SMILES string of the molecule is CCS(=O)(=O)N1CCCC(C(=O)N/N=C/c2ccc(C(F)(F)F)cc2)C1. The van der Waals surface area contributed by atoms with Crippen LogP contribution in [0.4, 0.5) is 13.2 Å². The lowest BCUT2D eigenvalue weighted by molar-refractivity contribution is -0.137. The van der Waals surface area contributed by atoms with Gasteiger partial charge in [0.05, 0.1) is 23.4 Å². The number of amides is 1. The summed E-state index contributed by atoms with van der Waals surface area (Å²) in [5, 5.41) is 3.74. The van der Waals surface area contributed by atoms with Crippen molar-refractivity contribution in [1.29, 1.82) is 0 Å². The van der Waals surface area contributed by atoms with Crippen molar-refractivity contribution >= 4 is 22.1 Å². The first kappa shape index (κ1) is 20.4. The number of piperidine rings is 1. The van der Waals surface area contributed by atoms with Gasteiger partial charge in [-0.3, -0.25) is 4.79 Å². The zero-order valence-electron chi connectivity index (χ0n) is 14.2. The lowest BCUT2D eigenvalue weighted by Gasteiger charge is -2.30. The fraction of sp³-hybridized carbons (Fsp3) is 0.500. The molecule has 2 rings (SSSR count). The molecule has 1 fully saturated rings. The number of sulfonamides is 1. The number of hydrogen-bond acceptors (Lipinski definition) is 4. The third-order valence-corrected chi connectivity index (χ3v) is 5.99. The average Bonchev–Trinajstić information content (AvgIpc) is 2.61. The second kappa shape index (κ2) is 8.17. The third-order valence-electron chi connectivity index (χ3n) is 4.14. The minimum atomic E-state index is -4.41. The van der Waals surface area contributed by atoms with Crippen LogP contribution in [0.25, 0.3) is 0 Å². The molecule has 10 heteroatoms. The van der Waals surface area contributed by atoms with Gasteiger partial charge >= 0.3 is 6.18 Å². The molecule has 1 heterocycles. The zero-order chi connectivity index (χ0) is 19.4. The molecule has 1 atom stereocenters. The number of nitrogens with one attached hydrogen (secondary N) is 1. The number of halogens is 3. The number of hydrogen-bond donors (Lipinski definition) is 1. The Morgan fingerprint density at radius 3 is 2.58 bits per heavy atom. The van der Waals surface area contributed by atoms with Crippen LogP contribution in [0.15, 0.2) is 29.4 Å². The van der Waals surface area contributed by atoms with Gasteiger partial charge in [-0.2, -0.15) is 18.3 Å². The third kappa shape index (κ3) is 5.28. The summed E-state index contributed by atoms with van der Waals surface area (Å²) in [5.41, 5.74) is 1.96. The molecular formula is C16H20F3N3O3S. The van der Waals surface area contributed by atoms with E-state index in [0.29, 0.717) is 24.9 Å². The number of alkyl halides is 3. The molecule has 1 aromatic carbocycles. The van der Waals surface area contributed by atoms with Gasteiger partial charge < -0.3 is 0 Å². The van der Waals surface area contributed by atoms with E-state index in [4.69, 9.17) is 0 Å². The number of nitrogens with zero attached hydrogens (tertiary/aromatic N) is 2. The van der Waals surface area contributed by atoms with Crippen LogP contribution in [-0.2, 0) is 21.0 Å². The lowest BCUT2D eigenvalue weighted by Crippen LogP contribution is -2.45. The minimum absolute atomic E-state index is 0.0204. The van der Waals surface area contributed by atoms with Crippen LogP contribution >= 0.6 is 0 Å². The first-order valence-electron chi connectivity index (χ1n) is 8.11. The van der Waals surface area contributed by atoms with Crippen molar-refractivity contribution < 1.29 is 26.4 Å². The van der Waals surface area contributed by atoms with Gasteiger partial charge in [-0.05, 0) is 37.5 Å². The van der Waals surface area contributed by atoms with E-state index in [2.05, 4.69) is 10.5 Å². The van der Waals surface area contributed by atoms with Crippen LogP contribution in [0.2, 0.25) is 0 Å². The highest BCUT2D eigenvalue weighted by Gasteiger charge is 2.31. The van der Waals surface area contributed by atoms with Gasteiger partial charge in [0.1, 0.15) is 0 Å². The molecule has 0 aromatic heterocycles. The van der Waals surface area contributed by atoms with Gasteiger partial charge in [0.25, 0.3) is 0 Å². The van der Waals surface area contributed by atoms with E-state index < -0.39 is 33.6 Å². The summed E-state index contributed by atoms with van der Waals surface area (Å²) in [6.45, 7) is 2.06. The molecule has 1 unspecified atom stereocenters. The van der Waals surface area contributed by atoms with Crippen molar-refractivity contribution in [2.75, 3.05) is 18.8 Å². The fourth-order valence-electron chi connectivity index (χ4n) is 2.61. The number of carbonyl (C=O) groups is 1. The van der Waals surface area contributed by atoms with Crippen LogP contribution in [0.1, 0.15) is 30.9 Å². The van der Waals surface area contributed by atoms with Crippen molar-refractivity contribution in [2.24, 2.45) is 11.0 Å². The Morgan fingerprint density at radius 2 is 2.00 bits per heavy atom. The minimum Gasteiger partial charge on any atom is -0.273 e. The molecule has 0 aliphatic carbocycles. The largest absolute Gasteiger partial charge is 0.416 e. The van der Waals surface area contributed by atoms with Gasteiger partial charge in [0.15, 0.2) is 0 Å². The molecule has 1 aliphatic rings. The Hall–Kier alpha value is -1.94. The Kier molecular flexibility index (Phi) is 6.40. The van der Waals surface area contributed by atoms with Crippen LogP contribution < -0.4 is 5.43 Å². The number of carbonyl (C=O) groups excluding carboxylic acids is 1. The highest BCUT2D eigenvalue weighted by atomic mass is 32.2. The maximum Gasteiger partial charge on any atom is 0.416 e. The van der Waals surface area contributed by atoms with E-state index in [1.54, 1.807) is 6.92 Å². The Morgan fingerprint density at radius 1 is 1.35 bits per heavy atom. The molecule has 144 valence electrons. The second-order valence-electron chi connectivity index (χ2n) is 5.95. The first-order chi connectivity index (χ1) is 12.1. The molecule has 1 amide bonds. The van der Waals surface area contributed by atoms with Crippen LogP contribution in [0.3, 0.4) is 0 Å². The Labute approximate surface area is 150 Å². The molecule has 1 N–H and O–H groups in total. The number of rotatable bonds is 5. The van der Waals surface area contributed by atoms with Gasteiger partial charge in [0.2, 0.25) is 15.9 Å². The van der Waals surface area contributed by atoms with Crippen molar-refractivity contribution in [2.45, 2.75) is 25.9 Å². The maximum atomic E-state index is 12.5. The Bertz CT molecular complexity index is 761. The van der Waals surface area contributed by atoms with E-state index >= 15 is 0 Å². The number of benzene rings is 1. The topological polar surface area (TPSA) is 78.8 Å². The van der Waals surface area contributed by atoms with E-state index in [-0.39, 0.29) is 12.3 Å². The molecule has 6 nitrogen and oxygen atoms in total. The van der Waals surface area contributed by atoms with Crippen molar-refractivity contribution in [3.8, 4) is 0 Å². The van der Waals surface area contributed by atoms with Gasteiger partial charge in [-0.15, -0.1) is 0 Å². The average molecular weight is 391 g/mol. The highest BCUT2D eigenvalue weighted by molar-refractivity contribution is 7.89. The quantitative estimate of drug-likeness (QED) is 0.618. The van der Waals surface area contributed by atoms with E-state index in [1.807, 2.05) is 0 Å². The molecule has 1 aromatic rings. The molecule has 0 bridgehead atoms. The maximum absolute atomic E-state index is 12.5. The Balaban J connectivity index is 1.92. The molecule has 0 saturated carbocycles. The van der Waals surface area contributed by atoms with Crippen molar-refractivity contribution in [1.82, 2.24) is 9.73 Å². The van der Waals surface area contributed by atoms with Crippen molar-refractivity contribution in [3.05, 3.63) is 35.4 Å². The van der Waals surface area contributed by atoms with Crippen LogP contribution in [0, 0.1) is 5.92 Å². The summed E-state index contributed by atoms with van der Waals surface area (Å²) in [7, 11) is -3.34. The highest BCUT2D eigenvalue weighted by Crippen LogP contribution is 2.28. The first-order valence-corrected chi connectivity index (χ1v) is 9.72. The van der Waals surface area contributed by atoms with E-state index in [1.165, 1.54) is 22.7 Å². The predicted molar refractivity (Wildman–Crippen MR) is 90.9 cm³/mol. The molecule has 1 aliphatic heterocycles. The fourth-order valence-corrected chi connectivity index (χ4v) is 3.79. The van der Waals surface area contributed by atoms with Crippen LogP contribution in [0.5, 0.6) is 0 Å². The lowest BCUT2D eigenvalue weighted by atomic mass is 9.99. The molecule has 1 saturated heterocycles. The van der Waals surface area contributed by atoms with Gasteiger partial charge in [0, 0.05) is 13.1 Å². The summed E-state index contributed by atoms with van der Waals surface area (Å²) >= 11 is 0. The molecular weight excluding hydrogens is 371 g/mol. The smallest absolute Gasteiger partial charge is 0.273 e. The summed E-state index contributed by atoms with van der Waals surface area (Å²) in [5.74, 6) is -0.938. The summed E-state index contributed by atoms with van der Waals surface area (Å²) < 4.78 is 62.6. The molecule has 0 spiro atoms. The van der Waals surface area contributed by atoms with Crippen LogP contribution in [-0.4, -0.2) is 43.7 Å². The van der Waals surface area contributed by atoms with Gasteiger partial charge in [-0.1, -0.05) is 12.1 Å².